The van der Waals surface area contributed by atoms with Crippen molar-refractivity contribution < 1.29 is 4.92 Å². The van der Waals surface area contributed by atoms with Crippen LogP contribution in [0.1, 0.15) is 52.0 Å². The lowest BCUT2D eigenvalue weighted by molar-refractivity contribution is -0.384. The molecule has 2 rings (SSSR count). The molecule has 1 aliphatic heterocycles. The molecule has 0 saturated carbocycles. The highest BCUT2D eigenvalue weighted by atomic mass is 16.6. The van der Waals surface area contributed by atoms with Crippen LogP contribution in [0.3, 0.4) is 0 Å². The zero-order chi connectivity index (χ0) is 18.6. The van der Waals surface area contributed by atoms with Crippen LogP contribution in [0.5, 0.6) is 0 Å². The number of amidine groups is 1. The summed E-state index contributed by atoms with van der Waals surface area (Å²) in [6.45, 7) is 13.1. The van der Waals surface area contributed by atoms with E-state index in [1.165, 1.54) is 17.3 Å². The van der Waals surface area contributed by atoms with Crippen molar-refractivity contribution in [2.45, 2.75) is 53.4 Å². The van der Waals surface area contributed by atoms with E-state index in [4.69, 9.17) is 4.99 Å². The molecule has 0 bridgehead atoms. The number of aliphatic imine (C=N–C) groups is 1. The van der Waals surface area contributed by atoms with E-state index < -0.39 is 0 Å². The molecule has 0 unspecified atom stereocenters. The number of benzene rings is 1. The van der Waals surface area contributed by atoms with E-state index in [0.29, 0.717) is 0 Å². The van der Waals surface area contributed by atoms with Crippen LogP contribution in [0, 0.1) is 17.0 Å². The van der Waals surface area contributed by atoms with Crippen LogP contribution in [0.4, 0.5) is 11.4 Å². The maximum atomic E-state index is 10.9. The molecule has 0 radical (unpaired) electrons. The first kappa shape index (κ1) is 18.9. The van der Waals surface area contributed by atoms with Gasteiger partial charge in [0, 0.05) is 30.8 Å². The number of allylic oxidation sites excluding steroid dienone is 2. The maximum absolute atomic E-state index is 10.9. The lowest BCUT2D eigenvalue weighted by atomic mass is 9.97. The Hall–Kier alpha value is -2.43. The fraction of sp³-hybridized carbons (Fsp3) is 0.450. The van der Waals surface area contributed by atoms with Gasteiger partial charge in [-0.05, 0) is 44.7 Å². The molecule has 0 aliphatic carbocycles. The Balaban J connectivity index is 2.45. The average molecular weight is 341 g/mol. The van der Waals surface area contributed by atoms with Gasteiger partial charge in [-0.25, -0.2) is 4.99 Å². The van der Waals surface area contributed by atoms with E-state index in [-0.39, 0.29) is 10.6 Å². The van der Waals surface area contributed by atoms with Gasteiger partial charge in [0.25, 0.3) is 5.69 Å². The molecule has 5 heteroatoms. The number of aryl methyl sites for hydroxylation is 1. The molecule has 5 nitrogen and oxygen atoms in total. The number of rotatable bonds is 6. The minimum atomic E-state index is -0.372. The van der Waals surface area contributed by atoms with Crippen LogP contribution in [0.2, 0.25) is 0 Å². The Morgan fingerprint density at radius 3 is 2.56 bits per heavy atom. The van der Waals surface area contributed by atoms with Gasteiger partial charge in [-0.2, -0.15) is 0 Å². The van der Waals surface area contributed by atoms with Crippen molar-refractivity contribution in [3.05, 3.63) is 57.3 Å². The number of nitrogens with zero attached hydrogens (tertiary/aromatic N) is 3. The molecule has 134 valence electrons. The lowest BCUT2D eigenvalue weighted by Crippen LogP contribution is -2.35. The van der Waals surface area contributed by atoms with Gasteiger partial charge in [-0.3, -0.25) is 10.1 Å². The van der Waals surface area contributed by atoms with Gasteiger partial charge in [-0.15, -0.1) is 0 Å². The molecule has 25 heavy (non-hydrogen) atoms. The first-order chi connectivity index (χ1) is 11.9. The third-order valence-corrected chi connectivity index (χ3v) is 4.53. The van der Waals surface area contributed by atoms with E-state index in [1.54, 1.807) is 12.1 Å². The zero-order valence-corrected chi connectivity index (χ0v) is 15.6. The number of non-ortho nitro benzene ring substituents is 1. The summed E-state index contributed by atoms with van der Waals surface area (Å²) in [6.07, 6.45) is 3.93. The number of hydrogen-bond acceptors (Lipinski definition) is 3. The van der Waals surface area contributed by atoms with Gasteiger partial charge in [0.2, 0.25) is 0 Å². The van der Waals surface area contributed by atoms with Crippen LogP contribution >= 0.6 is 0 Å². The van der Waals surface area contributed by atoms with Crippen LogP contribution in [0.15, 0.2) is 46.6 Å². The van der Waals surface area contributed by atoms with Gasteiger partial charge in [0.1, 0.15) is 5.84 Å². The molecule has 0 spiro atoms. The van der Waals surface area contributed by atoms with Gasteiger partial charge in [0.15, 0.2) is 0 Å². The number of nitro groups is 1. The van der Waals surface area contributed by atoms with Crippen molar-refractivity contribution in [3.8, 4) is 0 Å². The molecule has 0 N–H and O–H groups in total. The van der Waals surface area contributed by atoms with Crippen molar-refractivity contribution in [2.24, 2.45) is 4.99 Å². The fourth-order valence-corrected chi connectivity index (χ4v) is 3.30. The first-order valence-electron chi connectivity index (χ1n) is 8.82. The third kappa shape index (κ3) is 4.35. The predicted molar refractivity (Wildman–Crippen MR) is 103 cm³/mol. The van der Waals surface area contributed by atoms with E-state index in [9.17, 15) is 10.1 Å². The van der Waals surface area contributed by atoms with Crippen LogP contribution < -0.4 is 0 Å². The SMILES string of the molecule is C=C(C)CN1C(=Nc2ccc([N+](=O)[O-])cc2C)CCC(CC)=C1CC. The van der Waals surface area contributed by atoms with Crippen molar-refractivity contribution in [2.75, 3.05) is 6.54 Å². The number of nitro benzene ring substituents is 1. The van der Waals surface area contributed by atoms with Crippen LogP contribution in [-0.4, -0.2) is 22.2 Å². The summed E-state index contributed by atoms with van der Waals surface area (Å²) in [5, 5.41) is 10.9. The predicted octanol–water partition coefficient (Wildman–Crippen LogP) is 5.68. The van der Waals surface area contributed by atoms with E-state index in [2.05, 4.69) is 25.3 Å². The highest BCUT2D eigenvalue weighted by molar-refractivity contribution is 5.88. The normalized spacial score (nSPS) is 16.5. The highest BCUT2D eigenvalue weighted by Gasteiger charge is 2.23. The molecule has 0 atom stereocenters. The van der Waals surface area contributed by atoms with E-state index in [0.717, 1.165) is 54.9 Å². The highest BCUT2D eigenvalue weighted by Crippen LogP contribution is 2.31. The average Bonchev–Trinajstić information content (AvgIpc) is 2.56. The van der Waals surface area contributed by atoms with Crippen molar-refractivity contribution >= 4 is 17.2 Å². The van der Waals surface area contributed by atoms with Gasteiger partial charge >= 0.3 is 0 Å². The quantitative estimate of drug-likeness (QED) is 0.380. The van der Waals surface area contributed by atoms with Crippen molar-refractivity contribution in [1.29, 1.82) is 0 Å². The second-order valence-electron chi connectivity index (χ2n) is 6.56. The topological polar surface area (TPSA) is 58.7 Å². The molecular formula is C20H27N3O2. The summed E-state index contributed by atoms with van der Waals surface area (Å²) < 4.78 is 0. The Morgan fingerprint density at radius 1 is 1.32 bits per heavy atom. The summed E-state index contributed by atoms with van der Waals surface area (Å²) in [4.78, 5) is 17.7. The molecule has 1 aliphatic rings. The second-order valence-corrected chi connectivity index (χ2v) is 6.56. The van der Waals surface area contributed by atoms with Gasteiger partial charge in [-0.1, -0.05) is 31.6 Å². The zero-order valence-electron chi connectivity index (χ0n) is 15.6. The lowest BCUT2D eigenvalue weighted by Gasteiger charge is -2.35. The Morgan fingerprint density at radius 2 is 2.04 bits per heavy atom. The molecule has 0 fully saturated rings. The molecule has 1 aromatic carbocycles. The largest absolute Gasteiger partial charge is 0.330 e. The Kier molecular flexibility index (Phi) is 6.12. The molecule has 0 aromatic heterocycles. The van der Waals surface area contributed by atoms with Crippen molar-refractivity contribution in [3.63, 3.8) is 0 Å². The Bertz CT molecular complexity index is 747. The minimum Gasteiger partial charge on any atom is -0.330 e. The van der Waals surface area contributed by atoms with Crippen LogP contribution in [-0.2, 0) is 0 Å². The van der Waals surface area contributed by atoms with Crippen LogP contribution in [0.25, 0.3) is 0 Å². The monoisotopic (exact) mass is 341 g/mol. The molecule has 0 amide bonds. The van der Waals surface area contributed by atoms with Crippen molar-refractivity contribution in [1.82, 2.24) is 4.90 Å². The standard InChI is InChI=1S/C20H27N3O2/c1-6-16-8-11-20(22(13-14(3)4)19(16)7-2)21-18-10-9-17(23(24)25)12-15(18)5/h9-10,12H,3,6-8,11,13H2,1-2,4-5H3. The van der Waals surface area contributed by atoms with E-state index in [1.807, 2.05) is 13.8 Å². The van der Waals surface area contributed by atoms with Gasteiger partial charge < -0.3 is 4.90 Å². The Labute approximate surface area is 149 Å². The first-order valence-corrected chi connectivity index (χ1v) is 8.82. The summed E-state index contributed by atoms with van der Waals surface area (Å²) in [6, 6.07) is 4.84. The van der Waals surface area contributed by atoms with Gasteiger partial charge in [0.05, 0.1) is 10.6 Å². The smallest absolute Gasteiger partial charge is 0.269 e. The summed E-state index contributed by atoms with van der Waals surface area (Å²) >= 11 is 0. The molecule has 1 heterocycles. The minimum absolute atomic E-state index is 0.103. The summed E-state index contributed by atoms with van der Waals surface area (Å²) in [7, 11) is 0. The van der Waals surface area contributed by atoms with E-state index >= 15 is 0 Å². The second kappa shape index (κ2) is 8.10. The number of hydrogen-bond donors (Lipinski definition) is 0. The summed E-state index contributed by atoms with van der Waals surface area (Å²) in [5.74, 6) is 1.02. The molecule has 0 saturated heterocycles. The molecule has 1 aromatic rings. The third-order valence-electron chi connectivity index (χ3n) is 4.53. The maximum Gasteiger partial charge on any atom is 0.269 e. The summed E-state index contributed by atoms with van der Waals surface area (Å²) in [5.41, 5.74) is 5.64. The molecular weight excluding hydrogens is 314 g/mol. The fourth-order valence-electron chi connectivity index (χ4n) is 3.30.